The molecule has 0 saturated carbocycles. The van der Waals surface area contributed by atoms with Crippen molar-refractivity contribution in [2.45, 2.75) is 12.7 Å². The maximum absolute atomic E-state index is 12.5. The molecule has 0 aliphatic rings. The number of rotatable bonds is 4. The van der Waals surface area contributed by atoms with E-state index in [2.05, 4.69) is 10.3 Å². The monoisotopic (exact) mass is 295 g/mol. The average Bonchev–Trinajstić information content (AvgIpc) is 2.45. The molecule has 6 heteroatoms. The van der Waals surface area contributed by atoms with E-state index in [1.165, 1.54) is 12.1 Å². The van der Waals surface area contributed by atoms with Gasteiger partial charge in [-0.3, -0.25) is 4.98 Å². The molecule has 2 aromatic rings. The van der Waals surface area contributed by atoms with E-state index in [4.69, 9.17) is 0 Å². The number of aromatic nitrogens is 1. The van der Waals surface area contributed by atoms with E-state index in [9.17, 15) is 13.2 Å². The minimum Gasteiger partial charge on any atom is -0.378 e. The Kier molecular flexibility index (Phi) is 4.35. The van der Waals surface area contributed by atoms with E-state index in [0.29, 0.717) is 6.54 Å². The van der Waals surface area contributed by atoms with Gasteiger partial charge in [0, 0.05) is 26.8 Å². The summed E-state index contributed by atoms with van der Waals surface area (Å²) < 4.78 is 37.4. The van der Waals surface area contributed by atoms with E-state index < -0.39 is 11.7 Å². The number of benzene rings is 1. The lowest BCUT2D eigenvalue weighted by atomic mass is 10.1. The van der Waals surface area contributed by atoms with Crippen LogP contribution in [0.4, 0.5) is 24.5 Å². The highest BCUT2D eigenvalue weighted by molar-refractivity contribution is 5.68. The molecule has 0 fully saturated rings. The number of alkyl halides is 3. The summed E-state index contributed by atoms with van der Waals surface area (Å²) >= 11 is 0. The van der Waals surface area contributed by atoms with Crippen molar-refractivity contribution in [3.8, 4) is 0 Å². The number of hydrogen-bond donors (Lipinski definition) is 1. The number of halogens is 3. The standard InChI is InChI=1S/C15H16F3N3/c1-21(2)14-7-8-19-10-13(14)20-9-11-3-5-12(6-4-11)15(16,17)18/h3-8,10,20H,9H2,1-2H3. The SMILES string of the molecule is CN(C)c1ccncc1NCc1ccc(C(F)(F)F)cc1. The van der Waals surface area contributed by atoms with Gasteiger partial charge in [-0.15, -0.1) is 0 Å². The zero-order valence-corrected chi connectivity index (χ0v) is 11.8. The molecular weight excluding hydrogens is 279 g/mol. The third-order valence-electron chi connectivity index (χ3n) is 3.04. The third-order valence-corrected chi connectivity index (χ3v) is 3.04. The highest BCUT2D eigenvalue weighted by Crippen LogP contribution is 2.29. The molecule has 1 heterocycles. The van der Waals surface area contributed by atoms with Gasteiger partial charge in [-0.1, -0.05) is 12.1 Å². The summed E-state index contributed by atoms with van der Waals surface area (Å²) in [6.45, 7) is 0.435. The molecule has 112 valence electrons. The van der Waals surface area contributed by atoms with Gasteiger partial charge >= 0.3 is 6.18 Å². The molecule has 0 aliphatic carbocycles. The van der Waals surface area contributed by atoms with Crippen LogP contribution >= 0.6 is 0 Å². The highest BCUT2D eigenvalue weighted by Gasteiger charge is 2.29. The Labute approximate surface area is 121 Å². The van der Waals surface area contributed by atoms with Crippen molar-refractivity contribution in [3.63, 3.8) is 0 Å². The summed E-state index contributed by atoms with van der Waals surface area (Å²) in [5, 5.41) is 3.18. The highest BCUT2D eigenvalue weighted by atomic mass is 19.4. The van der Waals surface area contributed by atoms with E-state index in [0.717, 1.165) is 29.1 Å². The molecule has 1 aromatic heterocycles. The van der Waals surface area contributed by atoms with Gasteiger partial charge in [0.2, 0.25) is 0 Å². The molecule has 0 radical (unpaired) electrons. The quantitative estimate of drug-likeness (QED) is 0.930. The zero-order chi connectivity index (χ0) is 15.5. The second-order valence-electron chi connectivity index (χ2n) is 4.84. The molecule has 1 aromatic carbocycles. The van der Waals surface area contributed by atoms with Crippen LogP contribution in [0, 0.1) is 0 Å². The van der Waals surface area contributed by atoms with Crippen molar-refractivity contribution in [1.29, 1.82) is 0 Å². The first-order valence-corrected chi connectivity index (χ1v) is 6.39. The number of nitrogens with zero attached hydrogens (tertiary/aromatic N) is 2. The first-order chi connectivity index (χ1) is 9.88. The number of nitrogens with one attached hydrogen (secondary N) is 1. The second kappa shape index (κ2) is 6.03. The largest absolute Gasteiger partial charge is 0.416 e. The molecule has 1 N–H and O–H groups in total. The maximum atomic E-state index is 12.5. The fraction of sp³-hybridized carbons (Fsp3) is 0.267. The summed E-state index contributed by atoms with van der Waals surface area (Å²) in [4.78, 5) is 5.99. The summed E-state index contributed by atoms with van der Waals surface area (Å²) in [5.41, 5.74) is 1.94. The Hall–Kier alpha value is -2.24. The van der Waals surface area contributed by atoms with Crippen molar-refractivity contribution in [2.75, 3.05) is 24.3 Å². The van der Waals surface area contributed by atoms with Gasteiger partial charge < -0.3 is 10.2 Å². The smallest absolute Gasteiger partial charge is 0.378 e. The molecular formula is C15H16F3N3. The number of hydrogen-bond acceptors (Lipinski definition) is 3. The topological polar surface area (TPSA) is 28.2 Å². The predicted octanol–water partition coefficient (Wildman–Crippen LogP) is 3.78. The normalized spacial score (nSPS) is 11.3. The molecule has 21 heavy (non-hydrogen) atoms. The Morgan fingerprint density at radius 2 is 1.76 bits per heavy atom. The van der Waals surface area contributed by atoms with Crippen molar-refractivity contribution >= 4 is 11.4 Å². The minimum atomic E-state index is -4.30. The van der Waals surface area contributed by atoms with Gasteiger partial charge in [-0.25, -0.2) is 0 Å². The maximum Gasteiger partial charge on any atom is 0.416 e. The minimum absolute atomic E-state index is 0.435. The van der Waals surface area contributed by atoms with Crippen LogP contribution in [-0.4, -0.2) is 19.1 Å². The van der Waals surface area contributed by atoms with E-state index in [-0.39, 0.29) is 0 Å². The first kappa shape index (κ1) is 15.2. The van der Waals surface area contributed by atoms with Crippen LogP contribution in [0.5, 0.6) is 0 Å². The van der Waals surface area contributed by atoms with Crippen molar-refractivity contribution < 1.29 is 13.2 Å². The summed E-state index contributed by atoms with van der Waals surface area (Å²) in [6.07, 6.45) is -0.911. The lowest BCUT2D eigenvalue weighted by Crippen LogP contribution is -2.12. The van der Waals surface area contributed by atoms with Gasteiger partial charge in [0.15, 0.2) is 0 Å². The van der Waals surface area contributed by atoms with Crippen LogP contribution < -0.4 is 10.2 Å². The van der Waals surface area contributed by atoms with Crippen molar-refractivity contribution in [1.82, 2.24) is 4.98 Å². The van der Waals surface area contributed by atoms with Gasteiger partial charge in [0.05, 0.1) is 23.1 Å². The average molecular weight is 295 g/mol. The Bertz CT molecular complexity index is 592. The van der Waals surface area contributed by atoms with Crippen LogP contribution in [0.25, 0.3) is 0 Å². The Morgan fingerprint density at radius 1 is 1.10 bits per heavy atom. The van der Waals surface area contributed by atoms with Crippen molar-refractivity contribution in [2.24, 2.45) is 0 Å². The molecule has 2 rings (SSSR count). The number of pyridine rings is 1. The first-order valence-electron chi connectivity index (χ1n) is 6.39. The van der Waals surface area contributed by atoms with Crippen LogP contribution in [0.2, 0.25) is 0 Å². The summed E-state index contributed by atoms with van der Waals surface area (Å²) in [5.74, 6) is 0. The van der Waals surface area contributed by atoms with Crippen LogP contribution in [-0.2, 0) is 12.7 Å². The lowest BCUT2D eigenvalue weighted by molar-refractivity contribution is -0.137. The van der Waals surface area contributed by atoms with Gasteiger partial charge in [-0.2, -0.15) is 13.2 Å². The van der Waals surface area contributed by atoms with Gasteiger partial charge in [0.1, 0.15) is 0 Å². The predicted molar refractivity (Wildman–Crippen MR) is 77.3 cm³/mol. The molecule has 0 atom stereocenters. The van der Waals surface area contributed by atoms with Crippen LogP contribution in [0.1, 0.15) is 11.1 Å². The third kappa shape index (κ3) is 3.87. The Morgan fingerprint density at radius 3 is 2.33 bits per heavy atom. The van der Waals surface area contributed by atoms with Crippen LogP contribution in [0.15, 0.2) is 42.7 Å². The fourth-order valence-electron chi connectivity index (χ4n) is 1.92. The van der Waals surface area contributed by atoms with E-state index >= 15 is 0 Å². The van der Waals surface area contributed by atoms with E-state index in [1.807, 2.05) is 25.1 Å². The Balaban J connectivity index is 2.07. The number of anilines is 2. The van der Waals surface area contributed by atoms with Crippen molar-refractivity contribution in [3.05, 3.63) is 53.9 Å². The lowest BCUT2D eigenvalue weighted by Gasteiger charge is -2.18. The second-order valence-corrected chi connectivity index (χ2v) is 4.84. The molecule has 0 aliphatic heterocycles. The molecule has 0 saturated heterocycles. The van der Waals surface area contributed by atoms with Gasteiger partial charge in [-0.05, 0) is 23.8 Å². The molecule has 0 unspecified atom stereocenters. The van der Waals surface area contributed by atoms with Gasteiger partial charge in [0.25, 0.3) is 0 Å². The molecule has 0 spiro atoms. The zero-order valence-electron chi connectivity index (χ0n) is 11.8. The molecule has 0 amide bonds. The molecule has 0 bridgehead atoms. The van der Waals surface area contributed by atoms with E-state index in [1.54, 1.807) is 12.4 Å². The van der Waals surface area contributed by atoms with Crippen LogP contribution in [0.3, 0.4) is 0 Å². The summed E-state index contributed by atoms with van der Waals surface area (Å²) in [6, 6.07) is 7.00. The summed E-state index contributed by atoms with van der Waals surface area (Å²) in [7, 11) is 3.83. The fourth-order valence-corrected chi connectivity index (χ4v) is 1.92. The molecule has 3 nitrogen and oxygen atoms in total.